The first-order chi connectivity index (χ1) is 5.09. The molecule has 0 aliphatic rings. The fourth-order valence-corrected chi connectivity index (χ4v) is 0.818. The van der Waals surface area contributed by atoms with Gasteiger partial charge in [0.2, 0.25) is 0 Å². The highest BCUT2D eigenvalue weighted by molar-refractivity contribution is 5.73. The van der Waals surface area contributed by atoms with Crippen LogP contribution in [0.15, 0.2) is 0 Å². The molecule has 0 spiro atoms. The molecule has 0 aromatic carbocycles. The second-order valence-electron chi connectivity index (χ2n) is 2.70. The second kappa shape index (κ2) is 5.07. The highest BCUT2D eigenvalue weighted by Gasteiger charge is 2.19. The summed E-state index contributed by atoms with van der Waals surface area (Å²) in [5.41, 5.74) is 0. The molecule has 0 fully saturated rings. The van der Waals surface area contributed by atoms with Gasteiger partial charge in [0.25, 0.3) is 0 Å². The van der Waals surface area contributed by atoms with Crippen molar-refractivity contribution in [3.8, 4) is 0 Å². The van der Waals surface area contributed by atoms with Crippen molar-refractivity contribution in [1.29, 1.82) is 0 Å². The molecule has 4 heteroatoms. The zero-order valence-electron chi connectivity index (χ0n) is 6.80. The van der Waals surface area contributed by atoms with Crippen molar-refractivity contribution in [3.63, 3.8) is 0 Å². The van der Waals surface area contributed by atoms with Crippen LogP contribution in [0.1, 0.15) is 13.8 Å². The molecule has 2 N–H and O–H groups in total. The van der Waals surface area contributed by atoms with Gasteiger partial charge in [0.15, 0.2) is 0 Å². The van der Waals surface area contributed by atoms with Crippen LogP contribution < -0.4 is 5.32 Å². The first-order valence-corrected chi connectivity index (χ1v) is 3.61. The van der Waals surface area contributed by atoms with E-state index in [1.54, 1.807) is 13.8 Å². The molecule has 0 aliphatic carbocycles. The van der Waals surface area contributed by atoms with Crippen LogP contribution in [-0.4, -0.2) is 30.3 Å². The summed E-state index contributed by atoms with van der Waals surface area (Å²) in [7, 11) is 0. The van der Waals surface area contributed by atoms with Crippen LogP contribution in [0.5, 0.6) is 0 Å². The number of aliphatic carboxylic acids is 1. The van der Waals surface area contributed by atoms with Gasteiger partial charge in [-0.05, 0) is 5.92 Å². The maximum Gasteiger partial charge on any atom is 0.320 e. The van der Waals surface area contributed by atoms with Crippen molar-refractivity contribution in [2.24, 2.45) is 5.92 Å². The maximum absolute atomic E-state index is 11.6. The summed E-state index contributed by atoms with van der Waals surface area (Å²) in [4.78, 5) is 10.5. The standard InChI is InChI=1S/C7H14FNO2/c1-5(2)6(7(10)11)9-4-3-8/h5-6,9H,3-4H2,1-2H3,(H,10,11). The van der Waals surface area contributed by atoms with Gasteiger partial charge >= 0.3 is 5.97 Å². The molecule has 11 heavy (non-hydrogen) atoms. The van der Waals surface area contributed by atoms with Crippen LogP contribution >= 0.6 is 0 Å². The number of nitrogens with one attached hydrogen (secondary N) is 1. The highest BCUT2D eigenvalue weighted by atomic mass is 19.1. The number of carbonyl (C=O) groups is 1. The molecule has 0 rings (SSSR count). The molecule has 0 saturated carbocycles. The van der Waals surface area contributed by atoms with Crippen molar-refractivity contribution in [2.75, 3.05) is 13.2 Å². The zero-order valence-corrected chi connectivity index (χ0v) is 6.80. The van der Waals surface area contributed by atoms with E-state index in [2.05, 4.69) is 5.32 Å². The van der Waals surface area contributed by atoms with Crippen LogP contribution in [0.25, 0.3) is 0 Å². The van der Waals surface area contributed by atoms with Gasteiger partial charge in [0.05, 0.1) is 0 Å². The molecule has 1 unspecified atom stereocenters. The van der Waals surface area contributed by atoms with Crippen LogP contribution in [-0.2, 0) is 4.79 Å². The normalized spacial score (nSPS) is 13.5. The molecule has 0 aromatic heterocycles. The molecule has 66 valence electrons. The zero-order chi connectivity index (χ0) is 8.85. The maximum atomic E-state index is 11.6. The molecule has 0 aliphatic heterocycles. The average Bonchev–Trinajstić information content (AvgIpc) is 1.87. The fraction of sp³-hybridized carbons (Fsp3) is 0.857. The van der Waals surface area contributed by atoms with Gasteiger partial charge in [-0.1, -0.05) is 13.8 Å². The molecule has 3 nitrogen and oxygen atoms in total. The Morgan fingerprint density at radius 2 is 2.18 bits per heavy atom. The first-order valence-electron chi connectivity index (χ1n) is 3.61. The van der Waals surface area contributed by atoms with Crippen molar-refractivity contribution in [3.05, 3.63) is 0 Å². The van der Waals surface area contributed by atoms with Gasteiger partial charge in [0, 0.05) is 6.54 Å². The number of alkyl halides is 1. The van der Waals surface area contributed by atoms with Gasteiger partial charge in [-0.25, -0.2) is 4.39 Å². The Morgan fingerprint density at radius 3 is 2.45 bits per heavy atom. The minimum atomic E-state index is -0.923. The third kappa shape index (κ3) is 3.93. The number of halogens is 1. The molecule has 0 heterocycles. The molecule has 0 bridgehead atoms. The Balaban J connectivity index is 3.80. The quantitative estimate of drug-likeness (QED) is 0.625. The van der Waals surface area contributed by atoms with Crippen molar-refractivity contribution in [2.45, 2.75) is 19.9 Å². The van der Waals surface area contributed by atoms with Crippen LogP contribution in [0.3, 0.4) is 0 Å². The second-order valence-corrected chi connectivity index (χ2v) is 2.70. The number of hydrogen-bond donors (Lipinski definition) is 2. The summed E-state index contributed by atoms with van der Waals surface area (Å²) < 4.78 is 11.6. The lowest BCUT2D eigenvalue weighted by molar-refractivity contribution is -0.140. The summed E-state index contributed by atoms with van der Waals surface area (Å²) in [5.74, 6) is -0.938. The van der Waals surface area contributed by atoms with Gasteiger partial charge in [-0.15, -0.1) is 0 Å². The predicted molar refractivity (Wildman–Crippen MR) is 40.2 cm³/mol. The molecular weight excluding hydrogens is 149 g/mol. The first kappa shape index (κ1) is 10.4. The van der Waals surface area contributed by atoms with E-state index in [0.717, 1.165) is 0 Å². The topological polar surface area (TPSA) is 49.3 Å². The highest BCUT2D eigenvalue weighted by Crippen LogP contribution is 2.00. The Kier molecular flexibility index (Phi) is 4.77. The monoisotopic (exact) mass is 163 g/mol. The Labute approximate surface area is 65.6 Å². The summed E-state index contributed by atoms with van der Waals surface area (Å²) in [5, 5.41) is 11.2. The minimum Gasteiger partial charge on any atom is -0.480 e. The van der Waals surface area contributed by atoms with Crippen LogP contribution in [0.4, 0.5) is 4.39 Å². The average molecular weight is 163 g/mol. The SMILES string of the molecule is CC(C)C(NCCF)C(=O)O. The summed E-state index contributed by atoms with van der Waals surface area (Å²) in [6, 6.07) is -0.634. The fourth-order valence-electron chi connectivity index (χ4n) is 0.818. The van der Waals surface area contributed by atoms with Gasteiger partial charge in [-0.2, -0.15) is 0 Å². The molecular formula is C7H14FNO2. The number of carboxylic acids is 1. The Bertz CT molecular complexity index is 128. The van der Waals surface area contributed by atoms with Crippen LogP contribution in [0, 0.1) is 5.92 Å². The lowest BCUT2D eigenvalue weighted by atomic mass is 10.1. The molecule has 1 atom stereocenters. The number of carboxylic acid groups (broad SMARTS) is 1. The van der Waals surface area contributed by atoms with E-state index < -0.39 is 18.7 Å². The van der Waals surface area contributed by atoms with E-state index in [4.69, 9.17) is 5.11 Å². The van der Waals surface area contributed by atoms with E-state index in [-0.39, 0.29) is 12.5 Å². The molecule has 0 aromatic rings. The van der Waals surface area contributed by atoms with Gasteiger partial charge in [0.1, 0.15) is 12.7 Å². The lowest BCUT2D eigenvalue weighted by Crippen LogP contribution is -2.41. The van der Waals surface area contributed by atoms with E-state index in [9.17, 15) is 9.18 Å². The van der Waals surface area contributed by atoms with E-state index in [0.29, 0.717) is 0 Å². The largest absolute Gasteiger partial charge is 0.480 e. The van der Waals surface area contributed by atoms with Crippen LogP contribution in [0.2, 0.25) is 0 Å². The number of rotatable bonds is 5. The van der Waals surface area contributed by atoms with E-state index in [1.807, 2.05) is 0 Å². The van der Waals surface area contributed by atoms with Crippen molar-refractivity contribution < 1.29 is 14.3 Å². The Hall–Kier alpha value is -0.640. The van der Waals surface area contributed by atoms with E-state index >= 15 is 0 Å². The van der Waals surface area contributed by atoms with Gasteiger partial charge < -0.3 is 10.4 Å². The summed E-state index contributed by atoms with van der Waals surface area (Å²) in [6.45, 7) is 3.14. The third-order valence-corrected chi connectivity index (χ3v) is 1.39. The van der Waals surface area contributed by atoms with Gasteiger partial charge in [-0.3, -0.25) is 4.79 Å². The van der Waals surface area contributed by atoms with E-state index in [1.165, 1.54) is 0 Å². The predicted octanol–water partition coefficient (Wildman–Crippen LogP) is 0.655. The summed E-state index contributed by atoms with van der Waals surface area (Å²) >= 11 is 0. The molecule has 0 radical (unpaired) electrons. The third-order valence-electron chi connectivity index (χ3n) is 1.39. The Morgan fingerprint density at radius 1 is 1.64 bits per heavy atom. The minimum absolute atomic E-state index is 0.0148. The smallest absolute Gasteiger partial charge is 0.320 e. The molecule has 0 saturated heterocycles. The molecule has 0 amide bonds. The van der Waals surface area contributed by atoms with Crippen molar-refractivity contribution in [1.82, 2.24) is 5.32 Å². The number of hydrogen-bond acceptors (Lipinski definition) is 2. The lowest BCUT2D eigenvalue weighted by Gasteiger charge is -2.16. The van der Waals surface area contributed by atoms with Crippen molar-refractivity contribution >= 4 is 5.97 Å². The summed E-state index contributed by atoms with van der Waals surface area (Å²) in [6.07, 6.45) is 0.